The van der Waals surface area contributed by atoms with Gasteiger partial charge in [-0.15, -0.1) is 0 Å². The van der Waals surface area contributed by atoms with Crippen LogP contribution in [-0.4, -0.2) is 47.5 Å². The minimum absolute atomic E-state index is 0.280. The van der Waals surface area contributed by atoms with Gasteiger partial charge in [-0.2, -0.15) is 0 Å². The van der Waals surface area contributed by atoms with Crippen LogP contribution < -0.4 is 0 Å². The predicted molar refractivity (Wildman–Crippen MR) is 84.0 cm³/mol. The van der Waals surface area contributed by atoms with E-state index in [1.165, 1.54) is 0 Å². The number of morpholine rings is 1. The molecule has 1 fully saturated rings. The molecule has 122 valence electrons. The van der Waals surface area contributed by atoms with E-state index in [-0.39, 0.29) is 12.6 Å². The van der Waals surface area contributed by atoms with Crippen LogP contribution in [0.15, 0.2) is 24.3 Å². The molecule has 0 spiro atoms. The molecule has 1 N–H and O–H groups in total. The smallest absolute Gasteiger partial charge is 0.410 e. The highest BCUT2D eigenvalue weighted by molar-refractivity contribution is 6.30. The lowest BCUT2D eigenvalue weighted by atomic mass is 10.0. The second kappa shape index (κ2) is 6.86. The first-order valence-corrected chi connectivity index (χ1v) is 7.67. The highest BCUT2D eigenvalue weighted by atomic mass is 35.5. The van der Waals surface area contributed by atoms with E-state index in [4.69, 9.17) is 21.1 Å². The Kier molecular flexibility index (Phi) is 5.32. The quantitative estimate of drug-likeness (QED) is 0.907. The van der Waals surface area contributed by atoms with E-state index in [0.717, 1.165) is 0 Å². The average Bonchev–Trinajstić information content (AvgIpc) is 2.45. The Bertz CT molecular complexity index is 529. The fourth-order valence-corrected chi connectivity index (χ4v) is 2.46. The van der Waals surface area contributed by atoms with Crippen LogP contribution in [0.1, 0.15) is 32.4 Å². The second-order valence-electron chi connectivity index (χ2n) is 6.34. The summed E-state index contributed by atoms with van der Waals surface area (Å²) >= 11 is 5.94. The average molecular weight is 328 g/mol. The van der Waals surface area contributed by atoms with E-state index in [0.29, 0.717) is 23.7 Å². The van der Waals surface area contributed by atoms with Crippen LogP contribution in [0.4, 0.5) is 4.79 Å². The molecule has 1 unspecified atom stereocenters. The van der Waals surface area contributed by atoms with Crippen molar-refractivity contribution in [2.45, 2.75) is 38.6 Å². The zero-order chi connectivity index (χ0) is 16.3. The first-order valence-electron chi connectivity index (χ1n) is 7.29. The summed E-state index contributed by atoms with van der Waals surface area (Å²) in [6, 6.07) is 7.00. The van der Waals surface area contributed by atoms with Crippen LogP contribution in [0.2, 0.25) is 5.02 Å². The Morgan fingerprint density at radius 1 is 1.50 bits per heavy atom. The van der Waals surface area contributed by atoms with Crippen molar-refractivity contribution in [3.8, 4) is 0 Å². The van der Waals surface area contributed by atoms with E-state index in [2.05, 4.69) is 0 Å². The van der Waals surface area contributed by atoms with E-state index >= 15 is 0 Å². The number of nitrogens with zero attached hydrogens (tertiary/aromatic N) is 1. The number of aliphatic hydroxyl groups excluding tert-OH is 1. The number of ether oxygens (including phenoxy) is 2. The topological polar surface area (TPSA) is 59.0 Å². The number of carbonyl (C=O) groups is 1. The molecule has 5 nitrogen and oxygen atoms in total. The van der Waals surface area contributed by atoms with E-state index in [1.54, 1.807) is 29.2 Å². The van der Waals surface area contributed by atoms with Gasteiger partial charge in [-0.05, 0) is 38.5 Å². The van der Waals surface area contributed by atoms with E-state index in [9.17, 15) is 9.90 Å². The van der Waals surface area contributed by atoms with Crippen LogP contribution in [0.5, 0.6) is 0 Å². The van der Waals surface area contributed by atoms with Crippen LogP contribution in [-0.2, 0) is 9.47 Å². The Morgan fingerprint density at radius 2 is 2.23 bits per heavy atom. The molecule has 0 radical (unpaired) electrons. The van der Waals surface area contributed by atoms with Crippen molar-refractivity contribution in [2.75, 3.05) is 19.7 Å². The molecule has 1 aliphatic rings. The van der Waals surface area contributed by atoms with Crippen molar-refractivity contribution in [1.29, 1.82) is 0 Å². The molecule has 1 aromatic carbocycles. The summed E-state index contributed by atoms with van der Waals surface area (Å²) in [4.78, 5) is 13.7. The number of hydrogen-bond acceptors (Lipinski definition) is 4. The standard InChI is InChI=1S/C16H22ClNO4/c1-16(2,3)22-15(20)18-7-8-21-13(10-18)14(19)11-5-4-6-12(17)9-11/h4-6,9,13-14,19H,7-8,10H2,1-3H3/t13?,14-/m0/s1. The van der Waals surface area contributed by atoms with Crippen LogP contribution >= 0.6 is 11.6 Å². The summed E-state index contributed by atoms with van der Waals surface area (Å²) in [5.74, 6) is 0. The zero-order valence-corrected chi connectivity index (χ0v) is 13.8. The van der Waals surface area contributed by atoms with Crippen molar-refractivity contribution in [2.24, 2.45) is 0 Å². The number of aliphatic hydroxyl groups is 1. The number of rotatable bonds is 2. The third-order valence-corrected chi connectivity index (χ3v) is 3.52. The Balaban J connectivity index is 2.02. The van der Waals surface area contributed by atoms with Crippen molar-refractivity contribution < 1.29 is 19.4 Å². The fourth-order valence-electron chi connectivity index (χ4n) is 2.26. The lowest BCUT2D eigenvalue weighted by Crippen LogP contribution is -2.49. The molecule has 1 amide bonds. The summed E-state index contributed by atoms with van der Waals surface area (Å²) in [7, 11) is 0. The van der Waals surface area contributed by atoms with Gasteiger partial charge in [-0.25, -0.2) is 4.79 Å². The second-order valence-corrected chi connectivity index (χ2v) is 6.77. The molecule has 1 heterocycles. The normalized spacial score (nSPS) is 20.6. The van der Waals surface area contributed by atoms with Gasteiger partial charge in [0.05, 0.1) is 13.2 Å². The highest BCUT2D eigenvalue weighted by Gasteiger charge is 2.32. The van der Waals surface area contributed by atoms with Gasteiger partial charge < -0.3 is 19.5 Å². The van der Waals surface area contributed by atoms with Gasteiger partial charge in [-0.3, -0.25) is 0 Å². The zero-order valence-electron chi connectivity index (χ0n) is 13.1. The van der Waals surface area contributed by atoms with Gasteiger partial charge in [0.2, 0.25) is 0 Å². The monoisotopic (exact) mass is 327 g/mol. The molecule has 1 aromatic rings. The number of carbonyl (C=O) groups excluding carboxylic acids is 1. The summed E-state index contributed by atoms with van der Waals surface area (Å²) in [6.45, 7) is 6.56. The summed E-state index contributed by atoms with van der Waals surface area (Å²) in [5, 5.41) is 11.0. The van der Waals surface area contributed by atoms with Gasteiger partial charge in [0.15, 0.2) is 0 Å². The molecule has 0 aromatic heterocycles. The summed E-state index contributed by atoms with van der Waals surface area (Å²) < 4.78 is 11.0. The first-order chi connectivity index (χ1) is 10.3. The molecule has 2 atom stereocenters. The van der Waals surface area contributed by atoms with Crippen molar-refractivity contribution in [3.63, 3.8) is 0 Å². The molecule has 0 bridgehead atoms. The lowest BCUT2D eigenvalue weighted by molar-refractivity contribution is -0.0908. The minimum atomic E-state index is -0.844. The third kappa shape index (κ3) is 4.60. The van der Waals surface area contributed by atoms with Crippen LogP contribution in [0, 0.1) is 0 Å². The fraction of sp³-hybridized carbons (Fsp3) is 0.562. The first kappa shape index (κ1) is 17.1. The summed E-state index contributed by atoms with van der Waals surface area (Å²) in [5.41, 5.74) is 0.125. The molecular weight excluding hydrogens is 306 g/mol. The SMILES string of the molecule is CC(C)(C)OC(=O)N1CCOC([C@@H](O)c2cccc(Cl)c2)C1. The molecule has 0 aliphatic carbocycles. The Labute approximate surface area is 135 Å². The van der Waals surface area contributed by atoms with Crippen molar-refractivity contribution in [1.82, 2.24) is 4.90 Å². The van der Waals surface area contributed by atoms with Gasteiger partial charge in [0, 0.05) is 11.6 Å². The Hall–Kier alpha value is -1.30. The minimum Gasteiger partial charge on any atom is -0.444 e. The number of hydrogen-bond donors (Lipinski definition) is 1. The largest absolute Gasteiger partial charge is 0.444 e. The van der Waals surface area contributed by atoms with Gasteiger partial charge in [-0.1, -0.05) is 23.7 Å². The van der Waals surface area contributed by atoms with Gasteiger partial charge >= 0.3 is 6.09 Å². The molecule has 6 heteroatoms. The number of benzene rings is 1. The Morgan fingerprint density at radius 3 is 2.86 bits per heavy atom. The predicted octanol–water partition coefficient (Wildman–Crippen LogP) is 3.01. The maximum atomic E-state index is 12.1. The molecule has 0 saturated carbocycles. The number of amides is 1. The number of halogens is 1. The molecule has 22 heavy (non-hydrogen) atoms. The molecular formula is C16H22ClNO4. The highest BCUT2D eigenvalue weighted by Crippen LogP contribution is 2.25. The van der Waals surface area contributed by atoms with Crippen molar-refractivity contribution in [3.05, 3.63) is 34.9 Å². The third-order valence-electron chi connectivity index (χ3n) is 3.29. The van der Waals surface area contributed by atoms with Crippen LogP contribution in [0.3, 0.4) is 0 Å². The van der Waals surface area contributed by atoms with Crippen molar-refractivity contribution >= 4 is 17.7 Å². The maximum absolute atomic E-state index is 12.1. The van der Waals surface area contributed by atoms with Crippen LogP contribution in [0.25, 0.3) is 0 Å². The lowest BCUT2D eigenvalue weighted by Gasteiger charge is -2.36. The van der Waals surface area contributed by atoms with E-state index in [1.807, 2.05) is 20.8 Å². The van der Waals surface area contributed by atoms with Gasteiger partial charge in [0.1, 0.15) is 17.8 Å². The maximum Gasteiger partial charge on any atom is 0.410 e. The van der Waals surface area contributed by atoms with E-state index < -0.39 is 17.8 Å². The molecule has 1 saturated heterocycles. The molecule has 1 aliphatic heterocycles. The summed E-state index contributed by atoms with van der Waals surface area (Å²) in [6.07, 6.45) is -1.73. The van der Waals surface area contributed by atoms with Gasteiger partial charge in [0.25, 0.3) is 0 Å². The molecule has 2 rings (SSSR count).